The summed E-state index contributed by atoms with van der Waals surface area (Å²) >= 11 is 0. The van der Waals surface area contributed by atoms with Crippen molar-refractivity contribution in [3.8, 4) is 17.3 Å². The monoisotopic (exact) mass is 360 g/mol. The minimum Gasteiger partial charge on any atom is -0.467 e. The maximum absolute atomic E-state index is 12.8. The molecule has 1 amide bonds. The van der Waals surface area contributed by atoms with Crippen LogP contribution in [-0.2, 0) is 10.2 Å². The van der Waals surface area contributed by atoms with Crippen LogP contribution in [0.3, 0.4) is 0 Å². The van der Waals surface area contributed by atoms with Gasteiger partial charge in [0.2, 0.25) is 5.91 Å². The van der Waals surface area contributed by atoms with Gasteiger partial charge in [-0.25, -0.2) is 4.98 Å². The normalized spacial score (nSPS) is 12.2. The molecule has 1 unspecified atom stereocenters. The van der Waals surface area contributed by atoms with Crippen LogP contribution in [0, 0.1) is 11.3 Å². The molecule has 0 radical (unpaired) electrons. The van der Waals surface area contributed by atoms with Crippen molar-refractivity contribution in [2.45, 2.75) is 32.2 Å². The van der Waals surface area contributed by atoms with Crippen molar-refractivity contribution in [1.29, 1.82) is 5.26 Å². The number of furan rings is 1. The Morgan fingerprint density at radius 1 is 1.22 bits per heavy atom. The predicted octanol–water partition coefficient (Wildman–Crippen LogP) is 3.76. The number of amides is 1. The van der Waals surface area contributed by atoms with Crippen molar-refractivity contribution in [2.75, 3.05) is 0 Å². The number of nitrogens with zero attached hydrogens (tertiary/aromatic N) is 3. The second-order valence-electron chi connectivity index (χ2n) is 6.81. The fraction of sp³-hybridized carbons (Fsp3) is 0.238. The number of rotatable bonds is 5. The molecule has 136 valence electrons. The van der Waals surface area contributed by atoms with Gasteiger partial charge in [-0.05, 0) is 38.5 Å². The zero-order valence-corrected chi connectivity index (χ0v) is 15.4. The molecule has 1 aromatic carbocycles. The summed E-state index contributed by atoms with van der Waals surface area (Å²) in [6, 6.07) is 13.0. The topological polar surface area (TPSA) is 91.8 Å². The first kappa shape index (κ1) is 18.3. The average Bonchev–Trinajstić information content (AvgIpc) is 3.23. The number of hydrogen-bond acceptors (Lipinski definition) is 5. The van der Waals surface area contributed by atoms with Gasteiger partial charge in [0.05, 0.1) is 35.8 Å². The highest BCUT2D eigenvalue weighted by atomic mass is 16.3. The molecule has 2 heterocycles. The van der Waals surface area contributed by atoms with Crippen molar-refractivity contribution in [1.82, 2.24) is 15.3 Å². The number of hydrogen-bond donors (Lipinski definition) is 1. The number of benzene rings is 1. The van der Waals surface area contributed by atoms with Crippen LogP contribution in [0.15, 0.2) is 59.5 Å². The van der Waals surface area contributed by atoms with Crippen LogP contribution in [-0.4, -0.2) is 15.9 Å². The molecule has 1 N–H and O–H groups in total. The number of nitriles is 1. The number of aromatic nitrogens is 2. The lowest BCUT2D eigenvalue weighted by Crippen LogP contribution is -2.41. The Morgan fingerprint density at radius 3 is 2.59 bits per heavy atom. The summed E-state index contributed by atoms with van der Waals surface area (Å²) in [5.41, 5.74) is 1.88. The molecule has 0 saturated carbocycles. The molecular weight excluding hydrogens is 340 g/mol. The Hall–Kier alpha value is -3.46. The Bertz CT molecular complexity index is 970. The molecule has 0 aliphatic rings. The first-order chi connectivity index (χ1) is 12.9. The molecule has 0 bridgehead atoms. The number of carbonyl (C=O) groups excluding carboxylic acids is 1. The van der Waals surface area contributed by atoms with E-state index in [1.807, 2.05) is 57.2 Å². The van der Waals surface area contributed by atoms with Crippen LogP contribution in [0.1, 0.15) is 43.8 Å². The molecule has 27 heavy (non-hydrogen) atoms. The van der Waals surface area contributed by atoms with E-state index in [1.54, 1.807) is 18.5 Å². The summed E-state index contributed by atoms with van der Waals surface area (Å²) in [7, 11) is 0. The molecule has 0 fully saturated rings. The highest BCUT2D eigenvalue weighted by Crippen LogP contribution is 2.27. The maximum atomic E-state index is 12.8. The molecule has 3 rings (SSSR count). The molecule has 3 aromatic rings. The van der Waals surface area contributed by atoms with Crippen LogP contribution in [0.25, 0.3) is 11.3 Å². The summed E-state index contributed by atoms with van der Waals surface area (Å²) in [5, 5.41) is 11.9. The first-order valence-electron chi connectivity index (χ1n) is 8.59. The fourth-order valence-corrected chi connectivity index (χ4v) is 2.73. The lowest BCUT2D eigenvalue weighted by molar-refractivity contribution is -0.126. The molecule has 0 spiro atoms. The summed E-state index contributed by atoms with van der Waals surface area (Å²) < 4.78 is 5.35. The third kappa shape index (κ3) is 3.87. The zero-order valence-electron chi connectivity index (χ0n) is 15.4. The summed E-state index contributed by atoms with van der Waals surface area (Å²) in [4.78, 5) is 21.1. The highest BCUT2D eigenvalue weighted by molar-refractivity contribution is 5.87. The largest absolute Gasteiger partial charge is 0.467 e. The van der Waals surface area contributed by atoms with Crippen LogP contribution >= 0.6 is 0 Å². The molecule has 0 aliphatic carbocycles. The summed E-state index contributed by atoms with van der Waals surface area (Å²) in [6.07, 6.45) is 4.62. The van der Waals surface area contributed by atoms with E-state index < -0.39 is 5.41 Å². The van der Waals surface area contributed by atoms with E-state index in [9.17, 15) is 4.79 Å². The summed E-state index contributed by atoms with van der Waals surface area (Å²) in [6.45, 7) is 5.64. The van der Waals surface area contributed by atoms with E-state index in [0.717, 1.165) is 11.1 Å². The number of carbonyl (C=O) groups is 1. The minimum atomic E-state index is -0.723. The Labute approximate surface area is 157 Å². The molecule has 0 saturated heterocycles. The average molecular weight is 360 g/mol. The van der Waals surface area contributed by atoms with Gasteiger partial charge in [0.25, 0.3) is 0 Å². The van der Waals surface area contributed by atoms with Gasteiger partial charge in [-0.15, -0.1) is 0 Å². The Kier molecular flexibility index (Phi) is 5.04. The van der Waals surface area contributed by atoms with Gasteiger partial charge in [-0.1, -0.05) is 24.3 Å². The van der Waals surface area contributed by atoms with Gasteiger partial charge < -0.3 is 9.73 Å². The molecular formula is C21H20N4O2. The van der Waals surface area contributed by atoms with Crippen molar-refractivity contribution in [2.24, 2.45) is 0 Å². The van der Waals surface area contributed by atoms with Gasteiger partial charge in [0.1, 0.15) is 11.8 Å². The van der Waals surface area contributed by atoms with Gasteiger partial charge in [0.15, 0.2) is 5.69 Å². The molecule has 0 aliphatic heterocycles. The van der Waals surface area contributed by atoms with Gasteiger partial charge in [0, 0.05) is 5.56 Å². The van der Waals surface area contributed by atoms with Crippen LogP contribution in [0.4, 0.5) is 0 Å². The van der Waals surface area contributed by atoms with Gasteiger partial charge >= 0.3 is 0 Å². The third-order valence-electron chi connectivity index (χ3n) is 4.54. The second-order valence-corrected chi connectivity index (χ2v) is 6.81. The van der Waals surface area contributed by atoms with E-state index in [4.69, 9.17) is 9.68 Å². The van der Waals surface area contributed by atoms with Gasteiger partial charge in [-0.3, -0.25) is 9.78 Å². The standard InChI is InChI=1S/C21H20N4O2/c1-14(19-5-4-10-27-19)24-20(26)21(2,3)16-8-6-15(7-9-16)18-13-23-12-17(11-22)25-18/h4-10,12-14H,1-3H3,(H,24,26). The Morgan fingerprint density at radius 2 is 1.96 bits per heavy atom. The summed E-state index contributed by atoms with van der Waals surface area (Å²) in [5.74, 6) is 0.621. The fourth-order valence-electron chi connectivity index (χ4n) is 2.73. The van der Waals surface area contributed by atoms with Crippen molar-refractivity contribution >= 4 is 5.91 Å². The molecule has 6 heteroatoms. The van der Waals surface area contributed by atoms with E-state index in [0.29, 0.717) is 11.5 Å². The Balaban J connectivity index is 1.78. The predicted molar refractivity (Wildman–Crippen MR) is 100 cm³/mol. The quantitative estimate of drug-likeness (QED) is 0.748. The van der Waals surface area contributed by atoms with Crippen molar-refractivity contribution in [3.05, 3.63) is 72.1 Å². The van der Waals surface area contributed by atoms with Crippen LogP contribution < -0.4 is 5.32 Å². The van der Waals surface area contributed by atoms with E-state index in [1.165, 1.54) is 6.20 Å². The van der Waals surface area contributed by atoms with Crippen LogP contribution in [0.2, 0.25) is 0 Å². The minimum absolute atomic E-state index is 0.0922. The van der Waals surface area contributed by atoms with E-state index >= 15 is 0 Å². The molecule has 1 atom stereocenters. The van der Waals surface area contributed by atoms with Crippen LogP contribution in [0.5, 0.6) is 0 Å². The van der Waals surface area contributed by atoms with E-state index in [-0.39, 0.29) is 17.6 Å². The first-order valence-corrected chi connectivity index (χ1v) is 8.59. The van der Waals surface area contributed by atoms with E-state index in [2.05, 4.69) is 15.3 Å². The third-order valence-corrected chi connectivity index (χ3v) is 4.54. The molecule has 2 aromatic heterocycles. The lowest BCUT2D eigenvalue weighted by atomic mass is 9.83. The highest BCUT2D eigenvalue weighted by Gasteiger charge is 2.31. The van der Waals surface area contributed by atoms with Crippen molar-refractivity contribution in [3.63, 3.8) is 0 Å². The lowest BCUT2D eigenvalue weighted by Gasteiger charge is -2.26. The SMILES string of the molecule is CC(NC(=O)C(C)(C)c1ccc(-c2cncc(C#N)n2)cc1)c1ccco1. The van der Waals surface area contributed by atoms with Gasteiger partial charge in [-0.2, -0.15) is 5.26 Å². The number of nitrogens with one attached hydrogen (secondary N) is 1. The molecule has 6 nitrogen and oxygen atoms in total. The smallest absolute Gasteiger partial charge is 0.230 e. The zero-order chi connectivity index (χ0) is 19.4. The van der Waals surface area contributed by atoms with Crippen molar-refractivity contribution < 1.29 is 9.21 Å². The second kappa shape index (κ2) is 7.42. The maximum Gasteiger partial charge on any atom is 0.230 e.